The van der Waals surface area contributed by atoms with Gasteiger partial charge in [0.05, 0.1) is 11.0 Å². The number of thiophene rings is 1. The Morgan fingerprint density at radius 1 is 1.67 bits per heavy atom. The van der Waals surface area contributed by atoms with E-state index in [-0.39, 0.29) is 11.0 Å². The van der Waals surface area contributed by atoms with Crippen LogP contribution in [0.3, 0.4) is 0 Å². The SMILES string of the molecule is NC[C@@H](N)c1ccc([N+](=O)[O-])s1. The Morgan fingerprint density at radius 3 is 2.75 bits per heavy atom. The molecule has 12 heavy (non-hydrogen) atoms. The first kappa shape index (κ1) is 9.11. The highest BCUT2D eigenvalue weighted by atomic mass is 32.1. The van der Waals surface area contributed by atoms with Gasteiger partial charge in [0, 0.05) is 17.5 Å². The summed E-state index contributed by atoms with van der Waals surface area (Å²) in [5.41, 5.74) is 10.9. The molecule has 0 radical (unpaired) electrons. The fourth-order valence-electron chi connectivity index (χ4n) is 0.756. The largest absolute Gasteiger partial charge is 0.329 e. The molecule has 0 aliphatic carbocycles. The van der Waals surface area contributed by atoms with Gasteiger partial charge < -0.3 is 11.5 Å². The first-order chi connectivity index (χ1) is 5.65. The van der Waals surface area contributed by atoms with E-state index in [0.29, 0.717) is 6.54 Å². The Hall–Kier alpha value is -0.980. The van der Waals surface area contributed by atoms with E-state index in [4.69, 9.17) is 11.5 Å². The fraction of sp³-hybridized carbons (Fsp3) is 0.333. The van der Waals surface area contributed by atoms with Gasteiger partial charge in [-0.15, -0.1) is 0 Å². The Bertz CT molecular complexity index is 286. The summed E-state index contributed by atoms with van der Waals surface area (Å²) in [4.78, 5) is 10.6. The van der Waals surface area contributed by atoms with E-state index in [1.165, 1.54) is 6.07 Å². The Morgan fingerprint density at radius 2 is 2.33 bits per heavy atom. The minimum Gasteiger partial charge on any atom is -0.329 e. The summed E-state index contributed by atoms with van der Waals surface area (Å²) < 4.78 is 0. The number of nitrogens with two attached hydrogens (primary N) is 2. The fourth-order valence-corrected chi connectivity index (χ4v) is 1.59. The molecule has 0 bridgehead atoms. The van der Waals surface area contributed by atoms with Crippen LogP contribution in [0.1, 0.15) is 10.9 Å². The standard InChI is InChI=1S/C6H9N3O2S/c7-3-4(8)5-1-2-6(12-5)9(10)11/h1-2,4H,3,7-8H2/t4-/m1/s1. The van der Waals surface area contributed by atoms with Gasteiger partial charge in [-0.1, -0.05) is 11.3 Å². The predicted octanol–water partition coefficient (Wildman–Crippen LogP) is 0.615. The minimum absolute atomic E-state index is 0.105. The van der Waals surface area contributed by atoms with Gasteiger partial charge in [0.2, 0.25) is 0 Å². The van der Waals surface area contributed by atoms with Crippen molar-refractivity contribution in [1.29, 1.82) is 0 Å². The maximum absolute atomic E-state index is 10.3. The molecule has 0 amide bonds. The van der Waals surface area contributed by atoms with Gasteiger partial charge in [-0.3, -0.25) is 10.1 Å². The van der Waals surface area contributed by atoms with Gasteiger partial charge in [-0.2, -0.15) is 0 Å². The Balaban J connectivity index is 2.84. The molecule has 1 aromatic heterocycles. The van der Waals surface area contributed by atoms with Gasteiger partial charge in [-0.25, -0.2) is 0 Å². The molecule has 0 aliphatic rings. The highest BCUT2D eigenvalue weighted by molar-refractivity contribution is 7.15. The highest BCUT2D eigenvalue weighted by Crippen LogP contribution is 2.27. The number of nitro groups is 1. The summed E-state index contributed by atoms with van der Waals surface area (Å²) in [5.74, 6) is 0. The monoisotopic (exact) mass is 187 g/mol. The summed E-state index contributed by atoms with van der Waals surface area (Å²) in [6, 6.07) is 2.79. The zero-order valence-corrected chi connectivity index (χ0v) is 7.08. The molecule has 6 heteroatoms. The second-order valence-corrected chi connectivity index (χ2v) is 3.37. The van der Waals surface area contributed by atoms with Crippen molar-refractivity contribution in [1.82, 2.24) is 0 Å². The summed E-state index contributed by atoms with van der Waals surface area (Å²) in [5, 5.41) is 10.4. The van der Waals surface area contributed by atoms with Crippen LogP contribution in [0.4, 0.5) is 5.00 Å². The zero-order valence-electron chi connectivity index (χ0n) is 6.27. The molecule has 0 aliphatic heterocycles. The number of hydrogen-bond donors (Lipinski definition) is 2. The topological polar surface area (TPSA) is 95.2 Å². The Labute approximate surface area is 73.1 Å². The number of nitrogens with zero attached hydrogens (tertiary/aromatic N) is 1. The third kappa shape index (κ3) is 1.79. The van der Waals surface area contributed by atoms with Crippen LogP contribution in [0.5, 0.6) is 0 Å². The van der Waals surface area contributed by atoms with Gasteiger partial charge in [0.15, 0.2) is 0 Å². The van der Waals surface area contributed by atoms with Crippen LogP contribution in [0.15, 0.2) is 12.1 Å². The normalized spacial score (nSPS) is 12.8. The van der Waals surface area contributed by atoms with Gasteiger partial charge in [-0.05, 0) is 6.07 Å². The van der Waals surface area contributed by atoms with Crippen molar-refractivity contribution in [3.05, 3.63) is 27.1 Å². The molecule has 0 fully saturated rings. The molecule has 5 nitrogen and oxygen atoms in total. The van der Waals surface area contributed by atoms with E-state index in [9.17, 15) is 10.1 Å². The lowest BCUT2D eigenvalue weighted by Gasteiger charge is -2.02. The average molecular weight is 187 g/mol. The molecular weight excluding hydrogens is 178 g/mol. The maximum Gasteiger partial charge on any atom is 0.324 e. The highest BCUT2D eigenvalue weighted by Gasteiger charge is 2.13. The van der Waals surface area contributed by atoms with Crippen molar-refractivity contribution in [2.45, 2.75) is 6.04 Å². The summed E-state index contributed by atoms with van der Waals surface area (Å²) in [6.07, 6.45) is 0. The quantitative estimate of drug-likeness (QED) is 0.535. The first-order valence-electron chi connectivity index (χ1n) is 3.35. The molecule has 66 valence electrons. The molecule has 0 spiro atoms. The lowest BCUT2D eigenvalue weighted by atomic mass is 10.3. The second kappa shape index (κ2) is 3.61. The van der Waals surface area contributed by atoms with E-state index in [2.05, 4.69) is 0 Å². The maximum atomic E-state index is 10.3. The van der Waals surface area contributed by atoms with Crippen LogP contribution in [-0.4, -0.2) is 11.5 Å². The summed E-state index contributed by atoms with van der Waals surface area (Å²) in [6.45, 7) is 0.303. The molecular formula is C6H9N3O2S. The van der Waals surface area contributed by atoms with Crippen LogP contribution < -0.4 is 11.5 Å². The molecule has 0 unspecified atom stereocenters. The van der Waals surface area contributed by atoms with Crippen molar-refractivity contribution in [2.24, 2.45) is 11.5 Å². The van der Waals surface area contributed by atoms with Crippen LogP contribution in [0.25, 0.3) is 0 Å². The first-order valence-corrected chi connectivity index (χ1v) is 4.16. The molecule has 1 heterocycles. The van der Waals surface area contributed by atoms with Crippen LogP contribution >= 0.6 is 11.3 Å². The van der Waals surface area contributed by atoms with Gasteiger partial charge in [0.25, 0.3) is 0 Å². The van der Waals surface area contributed by atoms with E-state index < -0.39 is 4.92 Å². The molecule has 0 saturated carbocycles. The summed E-state index contributed by atoms with van der Waals surface area (Å²) in [7, 11) is 0. The van der Waals surface area contributed by atoms with Crippen molar-refractivity contribution >= 4 is 16.3 Å². The van der Waals surface area contributed by atoms with Crippen molar-refractivity contribution in [2.75, 3.05) is 6.54 Å². The molecule has 0 aromatic carbocycles. The average Bonchev–Trinajstić information content (AvgIpc) is 2.51. The molecule has 0 saturated heterocycles. The minimum atomic E-state index is -0.433. The van der Waals surface area contributed by atoms with Crippen molar-refractivity contribution in [3.63, 3.8) is 0 Å². The van der Waals surface area contributed by atoms with Crippen LogP contribution in [-0.2, 0) is 0 Å². The van der Waals surface area contributed by atoms with E-state index in [1.807, 2.05) is 0 Å². The van der Waals surface area contributed by atoms with E-state index >= 15 is 0 Å². The van der Waals surface area contributed by atoms with Gasteiger partial charge in [0.1, 0.15) is 0 Å². The zero-order chi connectivity index (χ0) is 9.14. The third-order valence-corrected chi connectivity index (χ3v) is 2.58. The Kier molecular flexibility index (Phi) is 2.74. The van der Waals surface area contributed by atoms with Crippen molar-refractivity contribution in [3.8, 4) is 0 Å². The summed E-state index contributed by atoms with van der Waals surface area (Å²) >= 11 is 1.07. The predicted molar refractivity (Wildman–Crippen MR) is 47.0 cm³/mol. The van der Waals surface area contributed by atoms with Crippen LogP contribution in [0.2, 0.25) is 0 Å². The van der Waals surface area contributed by atoms with Crippen molar-refractivity contribution < 1.29 is 4.92 Å². The second-order valence-electron chi connectivity index (χ2n) is 2.28. The number of rotatable bonds is 3. The molecule has 4 N–H and O–H groups in total. The molecule has 1 aromatic rings. The van der Waals surface area contributed by atoms with Gasteiger partial charge >= 0.3 is 5.00 Å². The smallest absolute Gasteiger partial charge is 0.324 e. The van der Waals surface area contributed by atoms with Crippen LogP contribution in [0, 0.1) is 10.1 Å². The van der Waals surface area contributed by atoms with E-state index in [1.54, 1.807) is 6.07 Å². The third-order valence-electron chi connectivity index (χ3n) is 1.41. The lowest BCUT2D eigenvalue weighted by Crippen LogP contribution is -2.19. The lowest BCUT2D eigenvalue weighted by molar-refractivity contribution is -0.380. The molecule has 1 rings (SSSR count). The number of hydrogen-bond acceptors (Lipinski definition) is 5. The van der Waals surface area contributed by atoms with E-state index in [0.717, 1.165) is 16.2 Å². The molecule has 1 atom stereocenters.